The van der Waals surface area contributed by atoms with E-state index in [1.807, 2.05) is 0 Å². The first-order valence-corrected chi connectivity index (χ1v) is 6.22. The van der Waals surface area contributed by atoms with E-state index in [0.717, 1.165) is 0 Å². The summed E-state index contributed by atoms with van der Waals surface area (Å²) in [7, 11) is 0. The van der Waals surface area contributed by atoms with Crippen LogP contribution in [-0.4, -0.2) is 11.2 Å². The van der Waals surface area contributed by atoms with E-state index in [1.54, 1.807) is 18.2 Å². The molecule has 0 bridgehead atoms. The Hall–Kier alpha value is -1.91. The van der Waals surface area contributed by atoms with E-state index in [-0.39, 0.29) is 24.4 Å². The summed E-state index contributed by atoms with van der Waals surface area (Å²) in [5, 5.41) is 0. The molecule has 20 heavy (non-hydrogen) atoms. The van der Waals surface area contributed by atoms with E-state index in [9.17, 15) is 17.6 Å². The zero-order valence-corrected chi connectivity index (χ0v) is 10.4. The van der Waals surface area contributed by atoms with Crippen molar-refractivity contribution < 1.29 is 17.6 Å². The number of benzene rings is 1. The Morgan fingerprint density at radius 1 is 0.950 bits per heavy atom. The van der Waals surface area contributed by atoms with Crippen molar-refractivity contribution in [3.05, 3.63) is 54.1 Å². The lowest BCUT2D eigenvalue weighted by Crippen LogP contribution is -2.29. The number of nitrogens with zero attached hydrogens (tertiary/aromatic N) is 1. The van der Waals surface area contributed by atoms with Gasteiger partial charge in [-0.2, -0.15) is 13.2 Å². The van der Waals surface area contributed by atoms with Gasteiger partial charge in [0, 0.05) is 6.20 Å². The van der Waals surface area contributed by atoms with Crippen LogP contribution in [0.5, 0.6) is 0 Å². The van der Waals surface area contributed by atoms with Gasteiger partial charge in [0.05, 0.1) is 5.69 Å². The van der Waals surface area contributed by atoms with Gasteiger partial charge < -0.3 is 0 Å². The van der Waals surface area contributed by atoms with Crippen LogP contribution in [0.1, 0.15) is 18.5 Å². The van der Waals surface area contributed by atoms with E-state index in [0.29, 0.717) is 11.1 Å². The summed E-state index contributed by atoms with van der Waals surface area (Å²) >= 11 is 0. The van der Waals surface area contributed by atoms with Crippen LogP contribution in [0.4, 0.5) is 17.6 Å². The van der Waals surface area contributed by atoms with Crippen LogP contribution in [0.25, 0.3) is 11.1 Å². The maximum atomic E-state index is 13.1. The Bertz CT molecular complexity index is 627. The number of halogens is 4. The number of hydrogen-bond donors (Lipinski definition) is 0. The monoisotopic (exact) mass is 281 g/mol. The van der Waals surface area contributed by atoms with E-state index in [4.69, 9.17) is 0 Å². The topological polar surface area (TPSA) is 12.9 Å². The first-order chi connectivity index (χ1) is 9.42. The first-order valence-electron chi connectivity index (χ1n) is 6.22. The summed E-state index contributed by atoms with van der Waals surface area (Å²) < 4.78 is 52.1. The molecule has 104 valence electrons. The molecule has 1 nitrogen and oxygen atoms in total. The Labute approximate surface area is 113 Å². The fraction of sp³-hybridized carbons (Fsp3) is 0.267. The predicted molar refractivity (Wildman–Crippen MR) is 66.6 cm³/mol. The standard InChI is InChI=1S/C15H11F4N/c16-12-3-1-10(2-4-12)11-5-8-20-13(9-11)14(6-7-14)15(17,18)19/h1-5,8-9H,6-7H2. The normalized spacial score (nSPS) is 17.0. The molecule has 1 saturated carbocycles. The maximum Gasteiger partial charge on any atom is 0.399 e. The molecule has 1 aromatic heterocycles. The fourth-order valence-corrected chi connectivity index (χ4v) is 2.32. The molecule has 1 aliphatic rings. The summed E-state index contributed by atoms with van der Waals surface area (Å²) in [4.78, 5) is 3.89. The van der Waals surface area contributed by atoms with Crippen LogP contribution in [0.2, 0.25) is 0 Å². The summed E-state index contributed by atoms with van der Waals surface area (Å²) in [6, 6.07) is 8.73. The Kier molecular flexibility index (Phi) is 2.81. The van der Waals surface area contributed by atoms with E-state index >= 15 is 0 Å². The highest BCUT2D eigenvalue weighted by molar-refractivity contribution is 5.63. The Morgan fingerprint density at radius 3 is 2.15 bits per heavy atom. The van der Waals surface area contributed by atoms with Crippen LogP contribution in [0, 0.1) is 5.82 Å². The lowest BCUT2D eigenvalue weighted by atomic mass is 9.97. The van der Waals surface area contributed by atoms with Crippen LogP contribution in [0.3, 0.4) is 0 Å². The van der Waals surface area contributed by atoms with Gasteiger partial charge in [-0.05, 0) is 48.2 Å². The zero-order chi connectivity index (χ0) is 14.4. The SMILES string of the molecule is Fc1ccc(-c2ccnc(C3(C(F)(F)F)CC3)c2)cc1. The second-order valence-corrected chi connectivity index (χ2v) is 5.02. The van der Waals surface area contributed by atoms with Crippen molar-refractivity contribution >= 4 is 0 Å². The third-order valence-electron chi connectivity index (χ3n) is 3.72. The molecule has 0 atom stereocenters. The molecule has 1 fully saturated rings. The average molecular weight is 281 g/mol. The van der Waals surface area contributed by atoms with Crippen molar-refractivity contribution in [2.24, 2.45) is 0 Å². The van der Waals surface area contributed by atoms with Crippen molar-refractivity contribution in [3.8, 4) is 11.1 Å². The number of aromatic nitrogens is 1. The van der Waals surface area contributed by atoms with E-state index in [2.05, 4.69) is 4.98 Å². The molecule has 0 amide bonds. The highest BCUT2D eigenvalue weighted by Gasteiger charge is 2.65. The molecule has 0 radical (unpaired) electrons. The van der Waals surface area contributed by atoms with Gasteiger partial charge in [-0.3, -0.25) is 4.98 Å². The molecule has 1 aromatic carbocycles. The molecular weight excluding hydrogens is 270 g/mol. The van der Waals surface area contributed by atoms with E-state index < -0.39 is 11.6 Å². The highest BCUT2D eigenvalue weighted by Crippen LogP contribution is 2.58. The van der Waals surface area contributed by atoms with Gasteiger partial charge in [0.25, 0.3) is 0 Å². The molecule has 1 aliphatic carbocycles. The summed E-state index contributed by atoms with van der Waals surface area (Å²) in [5.74, 6) is -0.378. The summed E-state index contributed by atoms with van der Waals surface area (Å²) in [6.07, 6.45) is -2.74. The maximum absolute atomic E-state index is 13.1. The van der Waals surface area contributed by atoms with Crippen molar-refractivity contribution in [2.75, 3.05) is 0 Å². The van der Waals surface area contributed by atoms with E-state index in [1.165, 1.54) is 24.4 Å². The molecule has 3 rings (SSSR count). The third-order valence-corrected chi connectivity index (χ3v) is 3.72. The minimum atomic E-state index is -4.28. The van der Waals surface area contributed by atoms with Crippen LogP contribution in [-0.2, 0) is 5.41 Å². The number of pyridine rings is 1. The number of hydrogen-bond acceptors (Lipinski definition) is 1. The minimum absolute atomic E-state index is 0.0480. The quantitative estimate of drug-likeness (QED) is 0.739. The Morgan fingerprint density at radius 2 is 1.60 bits per heavy atom. The third kappa shape index (κ3) is 2.07. The minimum Gasteiger partial charge on any atom is -0.260 e. The fourth-order valence-electron chi connectivity index (χ4n) is 2.32. The van der Waals surface area contributed by atoms with Gasteiger partial charge in [0.1, 0.15) is 11.2 Å². The lowest BCUT2D eigenvalue weighted by molar-refractivity contribution is -0.161. The van der Waals surface area contributed by atoms with Crippen LogP contribution in [0.15, 0.2) is 42.6 Å². The second kappa shape index (κ2) is 4.30. The molecule has 0 saturated heterocycles. The van der Waals surface area contributed by atoms with Gasteiger partial charge in [-0.15, -0.1) is 0 Å². The smallest absolute Gasteiger partial charge is 0.260 e. The van der Waals surface area contributed by atoms with Crippen molar-refractivity contribution in [3.63, 3.8) is 0 Å². The molecule has 0 aliphatic heterocycles. The lowest BCUT2D eigenvalue weighted by Gasteiger charge is -2.19. The molecule has 0 unspecified atom stereocenters. The largest absolute Gasteiger partial charge is 0.399 e. The van der Waals surface area contributed by atoms with Crippen molar-refractivity contribution in [1.82, 2.24) is 4.98 Å². The van der Waals surface area contributed by atoms with Crippen LogP contribution >= 0.6 is 0 Å². The van der Waals surface area contributed by atoms with Gasteiger partial charge in [0.2, 0.25) is 0 Å². The van der Waals surface area contributed by atoms with Gasteiger partial charge >= 0.3 is 6.18 Å². The van der Waals surface area contributed by atoms with Crippen molar-refractivity contribution in [1.29, 1.82) is 0 Å². The zero-order valence-electron chi connectivity index (χ0n) is 10.4. The Balaban J connectivity index is 2.01. The molecular formula is C15H11F4N. The van der Waals surface area contributed by atoms with Crippen molar-refractivity contribution in [2.45, 2.75) is 24.4 Å². The number of rotatable bonds is 2. The molecule has 2 aromatic rings. The summed E-state index contributed by atoms with van der Waals surface area (Å²) in [5.41, 5.74) is -0.450. The van der Waals surface area contributed by atoms with Gasteiger partial charge in [0.15, 0.2) is 0 Å². The van der Waals surface area contributed by atoms with Gasteiger partial charge in [-0.1, -0.05) is 12.1 Å². The number of alkyl halides is 3. The summed E-state index contributed by atoms with van der Waals surface area (Å²) in [6.45, 7) is 0. The molecule has 0 spiro atoms. The molecule has 5 heteroatoms. The highest BCUT2D eigenvalue weighted by atomic mass is 19.4. The molecule has 1 heterocycles. The predicted octanol–water partition coefficient (Wildman–Crippen LogP) is 4.48. The first kappa shape index (κ1) is 13.1. The van der Waals surface area contributed by atoms with Gasteiger partial charge in [-0.25, -0.2) is 4.39 Å². The average Bonchev–Trinajstić information content (AvgIpc) is 3.20. The molecule has 0 N–H and O–H groups in total. The van der Waals surface area contributed by atoms with Crippen LogP contribution < -0.4 is 0 Å². The second-order valence-electron chi connectivity index (χ2n) is 5.02.